The second-order valence-corrected chi connectivity index (χ2v) is 6.56. The van der Waals surface area contributed by atoms with E-state index in [9.17, 15) is 4.79 Å². The number of rotatable bonds is 9. The number of anilines is 2. The molecule has 1 heterocycles. The van der Waals surface area contributed by atoms with Crippen LogP contribution >= 0.6 is 11.6 Å². The Bertz CT molecular complexity index is 766. The number of hydrogen-bond donors (Lipinski definition) is 2. The summed E-state index contributed by atoms with van der Waals surface area (Å²) in [6, 6.07) is 6.86. The summed E-state index contributed by atoms with van der Waals surface area (Å²) in [6.07, 6.45) is 2.48. The van der Waals surface area contributed by atoms with Crippen LogP contribution in [0.4, 0.5) is 11.4 Å². The first-order valence-electron chi connectivity index (χ1n) is 8.52. The second kappa shape index (κ2) is 9.99. The third-order valence-corrected chi connectivity index (χ3v) is 4.11. The van der Waals surface area contributed by atoms with Gasteiger partial charge in [-0.2, -0.15) is 0 Å². The van der Waals surface area contributed by atoms with Crippen molar-refractivity contribution in [2.45, 2.75) is 6.42 Å². The number of halogens is 1. The highest BCUT2D eigenvalue weighted by Gasteiger charge is 2.11. The van der Waals surface area contributed by atoms with Crippen LogP contribution in [0, 0.1) is 0 Å². The van der Waals surface area contributed by atoms with Gasteiger partial charge in [-0.25, -0.2) is 4.98 Å². The second-order valence-electron chi connectivity index (χ2n) is 6.16. The summed E-state index contributed by atoms with van der Waals surface area (Å²) in [5, 5.41) is 6.51. The SMILES string of the molecule is COc1cc(Nc2ccc(C(=O)NCCCN(C)C)nc2)c(OC)cc1Cl. The van der Waals surface area contributed by atoms with E-state index in [-0.39, 0.29) is 5.91 Å². The Labute approximate surface area is 164 Å². The molecule has 2 aromatic rings. The maximum atomic E-state index is 12.1. The van der Waals surface area contributed by atoms with Crippen LogP contribution in [-0.2, 0) is 0 Å². The van der Waals surface area contributed by atoms with Gasteiger partial charge >= 0.3 is 0 Å². The van der Waals surface area contributed by atoms with Crippen LogP contribution in [0.5, 0.6) is 11.5 Å². The van der Waals surface area contributed by atoms with Crippen molar-refractivity contribution in [3.05, 3.63) is 41.2 Å². The first-order chi connectivity index (χ1) is 12.9. The molecule has 7 nitrogen and oxygen atoms in total. The molecule has 0 radical (unpaired) electrons. The van der Waals surface area contributed by atoms with Crippen LogP contribution in [0.1, 0.15) is 16.9 Å². The predicted molar refractivity (Wildman–Crippen MR) is 108 cm³/mol. The summed E-state index contributed by atoms with van der Waals surface area (Å²) in [5.41, 5.74) is 1.76. The lowest BCUT2D eigenvalue weighted by Gasteiger charge is -2.14. The van der Waals surface area contributed by atoms with Crippen molar-refractivity contribution in [3.63, 3.8) is 0 Å². The number of amides is 1. The van der Waals surface area contributed by atoms with Gasteiger partial charge in [0.15, 0.2) is 0 Å². The van der Waals surface area contributed by atoms with Crippen LogP contribution in [0.2, 0.25) is 5.02 Å². The van der Waals surface area contributed by atoms with Gasteiger partial charge in [0.2, 0.25) is 0 Å². The Morgan fingerprint density at radius 1 is 1.19 bits per heavy atom. The van der Waals surface area contributed by atoms with E-state index in [1.165, 1.54) is 0 Å². The van der Waals surface area contributed by atoms with Crippen molar-refractivity contribution in [2.75, 3.05) is 46.7 Å². The molecule has 0 spiro atoms. The molecule has 0 aliphatic rings. The zero-order valence-corrected chi connectivity index (χ0v) is 16.8. The first kappa shape index (κ1) is 20.8. The molecule has 0 bridgehead atoms. The molecule has 8 heteroatoms. The minimum Gasteiger partial charge on any atom is -0.495 e. The van der Waals surface area contributed by atoms with E-state index in [1.807, 2.05) is 14.1 Å². The highest BCUT2D eigenvalue weighted by Crippen LogP contribution is 2.37. The summed E-state index contributed by atoms with van der Waals surface area (Å²) in [4.78, 5) is 18.4. The number of ether oxygens (including phenoxy) is 2. The van der Waals surface area contributed by atoms with Crippen LogP contribution in [-0.4, -0.2) is 57.2 Å². The standard InChI is InChI=1S/C19H25ClN4O3/c1-24(2)9-5-8-21-19(25)15-7-6-13(12-22-15)23-16-11-17(26-3)14(20)10-18(16)27-4/h6-7,10-12,23H,5,8-9H2,1-4H3,(H,21,25). The molecule has 0 saturated carbocycles. The van der Waals surface area contributed by atoms with Crippen LogP contribution in [0.25, 0.3) is 0 Å². The Morgan fingerprint density at radius 3 is 2.52 bits per heavy atom. The van der Waals surface area contributed by atoms with Crippen molar-refractivity contribution >= 4 is 28.9 Å². The van der Waals surface area contributed by atoms with Gasteiger partial charge < -0.3 is 25.0 Å². The molecule has 2 N–H and O–H groups in total. The van der Waals surface area contributed by atoms with Gasteiger partial charge in [-0.05, 0) is 39.2 Å². The Balaban J connectivity index is 2.02. The van der Waals surface area contributed by atoms with Crippen molar-refractivity contribution in [3.8, 4) is 11.5 Å². The lowest BCUT2D eigenvalue weighted by atomic mass is 10.2. The average molecular weight is 393 g/mol. The number of nitrogens with one attached hydrogen (secondary N) is 2. The number of aromatic nitrogens is 1. The molecule has 1 aromatic carbocycles. The lowest BCUT2D eigenvalue weighted by molar-refractivity contribution is 0.0947. The number of hydrogen-bond acceptors (Lipinski definition) is 6. The fraction of sp³-hybridized carbons (Fsp3) is 0.368. The van der Waals surface area contributed by atoms with E-state index >= 15 is 0 Å². The quantitative estimate of drug-likeness (QED) is 0.638. The number of nitrogens with zero attached hydrogens (tertiary/aromatic N) is 2. The third kappa shape index (κ3) is 6.01. The van der Waals surface area contributed by atoms with Crippen LogP contribution in [0.3, 0.4) is 0 Å². The van der Waals surface area contributed by atoms with Crippen molar-refractivity contribution in [1.29, 1.82) is 0 Å². The topological polar surface area (TPSA) is 75.7 Å². The molecular weight excluding hydrogens is 368 g/mol. The number of methoxy groups -OCH3 is 2. The number of benzene rings is 1. The van der Waals surface area contributed by atoms with Crippen molar-refractivity contribution in [2.24, 2.45) is 0 Å². The Kier molecular flexibility index (Phi) is 7.69. The van der Waals surface area contributed by atoms with E-state index in [1.54, 1.807) is 44.7 Å². The maximum absolute atomic E-state index is 12.1. The fourth-order valence-electron chi connectivity index (χ4n) is 2.40. The van der Waals surface area contributed by atoms with E-state index in [0.717, 1.165) is 13.0 Å². The molecule has 2 rings (SSSR count). The zero-order chi connectivity index (χ0) is 19.8. The summed E-state index contributed by atoms with van der Waals surface area (Å²) in [6.45, 7) is 1.53. The summed E-state index contributed by atoms with van der Waals surface area (Å²) in [5.74, 6) is 0.913. The van der Waals surface area contributed by atoms with E-state index in [4.69, 9.17) is 21.1 Å². The highest BCUT2D eigenvalue weighted by molar-refractivity contribution is 6.32. The lowest BCUT2D eigenvalue weighted by Crippen LogP contribution is -2.27. The molecular formula is C19H25ClN4O3. The van der Waals surface area contributed by atoms with Gasteiger partial charge in [-0.15, -0.1) is 0 Å². The number of carbonyl (C=O) groups excluding carboxylic acids is 1. The monoisotopic (exact) mass is 392 g/mol. The number of pyridine rings is 1. The highest BCUT2D eigenvalue weighted by atomic mass is 35.5. The predicted octanol–water partition coefficient (Wildman–Crippen LogP) is 3.18. The van der Waals surface area contributed by atoms with Gasteiger partial charge in [0.1, 0.15) is 17.2 Å². The Morgan fingerprint density at radius 2 is 1.93 bits per heavy atom. The largest absolute Gasteiger partial charge is 0.495 e. The van der Waals surface area contributed by atoms with Crippen LogP contribution in [0.15, 0.2) is 30.5 Å². The summed E-state index contributed by atoms with van der Waals surface area (Å²) < 4.78 is 10.6. The van der Waals surface area contributed by atoms with Gasteiger partial charge in [0.05, 0.1) is 36.8 Å². The summed E-state index contributed by atoms with van der Waals surface area (Å²) in [7, 11) is 7.11. The normalized spacial score (nSPS) is 10.6. The van der Waals surface area contributed by atoms with Gasteiger partial charge in [-0.3, -0.25) is 4.79 Å². The van der Waals surface area contributed by atoms with Crippen molar-refractivity contribution in [1.82, 2.24) is 15.2 Å². The molecule has 0 atom stereocenters. The molecule has 0 saturated heterocycles. The molecule has 146 valence electrons. The minimum absolute atomic E-state index is 0.189. The molecule has 0 unspecified atom stereocenters. The molecule has 1 aromatic heterocycles. The molecule has 0 aliphatic carbocycles. The van der Waals surface area contributed by atoms with Crippen molar-refractivity contribution < 1.29 is 14.3 Å². The van der Waals surface area contributed by atoms with Gasteiger partial charge in [-0.1, -0.05) is 11.6 Å². The maximum Gasteiger partial charge on any atom is 0.269 e. The average Bonchev–Trinajstić information content (AvgIpc) is 2.66. The minimum atomic E-state index is -0.189. The molecule has 27 heavy (non-hydrogen) atoms. The summed E-state index contributed by atoms with van der Waals surface area (Å²) >= 11 is 6.12. The van der Waals surface area contributed by atoms with E-state index in [0.29, 0.717) is 40.1 Å². The van der Waals surface area contributed by atoms with Crippen LogP contribution < -0.4 is 20.1 Å². The van der Waals surface area contributed by atoms with E-state index in [2.05, 4.69) is 20.5 Å². The fourth-order valence-corrected chi connectivity index (χ4v) is 2.63. The number of carbonyl (C=O) groups is 1. The molecule has 0 aliphatic heterocycles. The smallest absolute Gasteiger partial charge is 0.269 e. The zero-order valence-electron chi connectivity index (χ0n) is 16.0. The molecule has 1 amide bonds. The Hall–Kier alpha value is -2.51. The van der Waals surface area contributed by atoms with Gasteiger partial charge in [0, 0.05) is 18.7 Å². The third-order valence-electron chi connectivity index (χ3n) is 3.82. The van der Waals surface area contributed by atoms with Gasteiger partial charge in [0.25, 0.3) is 5.91 Å². The van der Waals surface area contributed by atoms with E-state index < -0.39 is 0 Å². The first-order valence-corrected chi connectivity index (χ1v) is 8.90. The molecule has 0 fully saturated rings.